The Labute approximate surface area is 150 Å². The summed E-state index contributed by atoms with van der Waals surface area (Å²) in [7, 11) is 0. The molecule has 2 fully saturated rings. The molecule has 5 nitrogen and oxygen atoms in total. The Morgan fingerprint density at radius 1 is 1.24 bits per heavy atom. The van der Waals surface area contributed by atoms with E-state index >= 15 is 0 Å². The highest BCUT2D eigenvalue weighted by Gasteiger charge is 2.33. The third-order valence-electron chi connectivity index (χ3n) is 5.33. The van der Waals surface area contributed by atoms with Gasteiger partial charge in [0.15, 0.2) is 0 Å². The number of carbonyl (C=O) groups is 2. The summed E-state index contributed by atoms with van der Waals surface area (Å²) in [6.07, 6.45) is 5.18. The van der Waals surface area contributed by atoms with Gasteiger partial charge in [0.05, 0.1) is 6.54 Å². The van der Waals surface area contributed by atoms with Crippen molar-refractivity contribution >= 4 is 11.8 Å². The maximum absolute atomic E-state index is 12.6. The minimum absolute atomic E-state index is 0.0456. The van der Waals surface area contributed by atoms with Crippen LogP contribution in [0.4, 0.5) is 0 Å². The predicted octanol–water partition coefficient (Wildman–Crippen LogP) is 2.07. The van der Waals surface area contributed by atoms with Gasteiger partial charge in [0.25, 0.3) is 0 Å². The molecule has 1 aromatic carbocycles. The summed E-state index contributed by atoms with van der Waals surface area (Å²) in [5.41, 5.74) is 1.22. The Kier molecular flexibility index (Phi) is 6.08. The number of nitrogens with zero attached hydrogens (tertiary/aromatic N) is 1. The van der Waals surface area contributed by atoms with Crippen LogP contribution in [0.1, 0.15) is 44.6 Å². The van der Waals surface area contributed by atoms with E-state index in [1.165, 1.54) is 18.4 Å². The molecule has 2 aliphatic rings. The highest BCUT2D eigenvalue weighted by molar-refractivity contribution is 5.88. The SMILES string of the molecule is C[C@@H](C1CC1)N(CC(=O)N[C@@H]1CCCCNC1=O)Cc1ccccc1. The van der Waals surface area contributed by atoms with Gasteiger partial charge < -0.3 is 10.6 Å². The van der Waals surface area contributed by atoms with Crippen LogP contribution in [0.15, 0.2) is 30.3 Å². The molecule has 1 aliphatic carbocycles. The second-order valence-electron chi connectivity index (χ2n) is 7.38. The first-order valence-electron chi connectivity index (χ1n) is 9.48. The van der Waals surface area contributed by atoms with E-state index < -0.39 is 0 Å². The number of rotatable bonds is 7. The Balaban J connectivity index is 1.60. The van der Waals surface area contributed by atoms with Crippen LogP contribution in [0.3, 0.4) is 0 Å². The van der Waals surface area contributed by atoms with Gasteiger partial charge in [-0.1, -0.05) is 30.3 Å². The molecule has 0 unspecified atom stereocenters. The van der Waals surface area contributed by atoms with E-state index in [0.717, 1.165) is 25.8 Å². The van der Waals surface area contributed by atoms with E-state index in [0.29, 0.717) is 25.0 Å². The van der Waals surface area contributed by atoms with Gasteiger partial charge >= 0.3 is 0 Å². The van der Waals surface area contributed by atoms with Crippen LogP contribution in [0.2, 0.25) is 0 Å². The molecule has 2 N–H and O–H groups in total. The van der Waals surface area contributed by atoms with Crippen LogP contribution in [-0.4, -0.2) is 41.9 Å². The van der Waals surface area contributed by atoms with E-state index in [1.54, 1.807) is 0 Å². The maximum atomic E-state index is 12.6. The first-order chi connectivity index (χ1) is 12.1. The molecule has 136 valence electrons. The van der Waals surface area contributed by atoms with E-state index in [9.17, 15) is 9.59 Å². The van der Waals surface area contributed by atoms with Gasteiger partial charge in [0.1, 0.15) is 6.04 Å². The number of benzene rings is 1. The standard InChI is InChI=1S/C20H29N3O2/c1-15(17-10-11-17)23(13-16-7-3-2-4-8-16)14-19(24)22-18-9-5-6-12-21-20(18)25/h2-4,7-8,15,17-18H,5-6,9-14H2,1H3,(H,21,25)(H,22,24)/t15-,18+/m0/s1. The van der Waals surface area contributed by atoms with Crippen molar-refractivity contribution in [2.45, 2.75) is 57.7 Å². The fourth-order valence-electron chi connectivity index (χ4n) is 3.54. The third kappa shape index (κ3) is 5.30. The van der Waals surface area contributed by atoms with Crippen LogP contribution >= 0.6 is 0 Å². The van der Waals surface area contributed by atoms with Gasteiger partial charge in [0.2, 0.25) is 11.8 Å². The molecular weight excluding hydrogens is 314 g/mol. The molecule has 2 amide bonds. The van der Waals surface area contributed by atoms with Crippen molar-refractivity contribution in [3.63, 3.8) is 0 Å². The van der Waals surface area contributed by atoms with Crippen molar-refractivity contribution in [3.05, 3.63) is 35.9 Å². The van der Waals surface area contributed by atoms with E-state index in [1.807, 2.05) is 18.2 Å². The third-order valence-corrected chi connectivity index (χ3v) is 5.33. The highest BCUT2D eigenvalue weighted by atomic mass is 16.2. The summed E-state index contributed by atoms with van der Waals surface area (Å²) in [5, 5.41) is 5.82. The van der Waals surface area contributed by atoms with Gasteiger partial charge in [-0.25, -0.2) is 0 Å². The molecule has 1 saturated heterocycles. The Bertz CT molecular complexity index is 586. The number of carbonyl (C=O) groups excluding carboxylic acids is 2. The van der Waals surface area contributed by atoms with Crippen LogP contribution in [0.5, 0.6) is 0 Å². The van der Waals surface area contributed by atoms with Crippen LogP contribution in [0, 0.1) is 5.92 Å². The molecule has 3 rings (SSSR count). The van der Waals surface area contributed by atoms with Gasteiger partial charge in [-0.05, 0) is 50.5 Å². The van der Waals surface area contributed by atoms with Crippen LogP contribution < -0.4 is 10.6 Å². The zero-order valence-electron chi connectivity index (χ0n) is 15.0. The monoisotopic (exact) mass is 343 g/mol. The molecule has 5 heteroatoms. The second-order valence-corrected chi connectivity index (χ2v) is 7.38. The normalized spacial score (nSPS) is 22.2. The lowest BCUT2D eigenvalue weighted by Crippen LogP contribution is -2.49. The van der Waals surface area contributed by atoms with E-state index in [-0.39, 0.29) is 17.9 Å². The van der Waals surface area contributed by atoms with Gasteiger partial charge in [0, 0.05) is 19.1 Å². The first kappa shape index (κ1) is 17.9. The summed E-state index contributed by atoms with van der Waals surface area (Å²) in [6.45, 7) is 4.04. The van der Waals surface area contributed by atoms with Crippen LogP contribution in [-0.2, 0) is 16.1 Å². The van der Waals surface area contributed by atoms with Crippen molar-refractivity contribution in [2.24, 2.45) is 5.92 Å². The van der Waals surface area contributed by atoms with Crippen molar-refractivity contribution in [1.82, 2.24) is 15.5 Å². The van der Waals surface area contributed by atoms with Crippen molar-refractivity contribution < 1.29 is 9.59 Å². The van der Waals surface area contributed by atoms with Crippen molar-refractivity contribution in [2.75, 3.05) is 13.1 Å². The lowest BCUT2D eigenvalue weighted by molar-refractivity contribution is -0.129. The molecular formula is C20H29N3O2. The highest BCUT2D eigenvalue weighted by Crippen LogP contribution is 2.35. The van der Waals surface area contributed by atoms with Crippen molar-refractivity contribution in [3.8, 4) is 0 Å². The lowest BCUT2D eigenvalue weighted by Gasteiger charge is -2.29. The predicted molar refractivity (Wildman–Crippen MR) is 97.8 cm³/mol. The fraction of sp³-hybridized carbons (Fsp3) is 0.600. The molecule has 2 atom stereocenters. The first-order valence-corrected chi connectivity index (χ1v) is 9.48. The van der Waals surface area contributed by atoms with Gasteiger partial charge in [-0.15, -0.1) is 0 Å². The molecule has 1 heterocycles. The second kappa shape index (κ2) is 8.48. The summed E-state index contributed by atoms with van der Waals surface area (Å²) in [4.78, 5) is 26.9. The topological polar surface area (TPSA) is 61.4 Å². The molecule has 1 aromatic rings. The molecule has 0 radical (unpaired) electrons. The molecule has 1 saturated carbocycles. The summed E-state index contributed by atoms with van der Waals surface area (Å²) in [6, 6.07) is 10.3. The Morgan fingerprint density at radius 2 is 2.00 bits per heavy atom. The van der Waals surface area contributed by atoms with Crippen molar-refractivity contribution in [1.29, 1.82) is 0 Å². The minimum Gasteiger partial charge on any atom is -0.354 e. The van der Waals surface area contributed by atoms with Crippen LogP contribution in [0.25, 0.3) is 0 Å². The number of hydrogen-bond donors (Lipinski definition) is 2. The molecule has 0 aromatic heterocycles. The average Bonchev–Trinajstić information content (AvgIpc) is 3.45. The minimum atomic E-state index is -0.384. The lowest BCUT2D eigenvalue weighted by atomic mass is 10.1. The summed E-state index contributed by atoms with van der Waals surface area (Å²) < 4.78 is 0. The zero-order chi connectivity index (χ0) is 17.6. The Morgan fingerprint density at radius 3 is 2.72 bits per heavy atom. The molecule has 0 bridgehead atoms. The average molecular weight is 343 g/mol. The molecule has 1 aliphatic heterocycles. The van der Waals surface area contributed by atoms with E-state index in [4.69, 9.17) is 0 Å². The Hall–Kier alpha value is -1.88. The largest absolute Gasteiger partial charge is 0.354 e. The fourth-order valence-corrected chi connectivity index (χ4v) is 3.54. The number of amides is 2. The summed E-state index contributed by atoms with van der Waals surface area (Å²) in [5.74, 6) is 0.596. The number of nitrogens with one attached hydrogen (secondary N) is 2. The summed E-state index contributed by atoms with van der Waals surface area (Å²) >= 11 is 0. The quantitative estimate of drug-likeness (QED) is 0.797. The molecule has 25 heavy (non-hydrogen) atoms. The van der Waals surface area contributed by atoms with Gasteiger partial charge in [-0.2, -0.15) is 0 Å². The van der Waals surface area contributed by atoms with E-state index in [2.05, 4.69) is 34.6 Å². The number of hydrogen-bond acceptors (Lipinski definition) is 3. The van der Waals surface area contributed by atoms with Gasteiger partial charge in [-0.3, -0.25) is 14.5 Å². The smallest absolute Gasteiger partial charge is 0.242 e. The molecule has 0 spiro atoms. The maximum Gasteiger partial charge on any atom is 0.242 e. The zero-order valence-corrected chi connectivity index (χ0v) is 15.0.